The van der Waals surface area contributed by atoms with Gasteiger partial charge in [-0.3, -0.25) is 9.89 Å². The van der Waals surface area contributed by atoms with Crippen molar-refractivity contribution in [3.05, 3.63) is 35.0 Å². The summed E-state index contributed by atoms with van der Waals surface area (Å²) < 4.78 is 5.28. The normalized spacial score (nSPS) is 15.0. The average Bonchev–Trinajstić information content (AvgIpc) is 3.09. The summed E-state index contributed by atoms with van der Waals surface area (Å²) in [5, 5.41) is 19.8. The Kier molecular flexibility index (Phi) is 5.08. The SMILES string of the molecule is CCC(C)C(CO)NC(=O)c1[nH]nc2c1CCc1cc(OC)ccc1-2. The standard InChI is InChI=1S/C19H25N3O3/c1-4-11(2)16(10-23)20-19(24)18-15-7-5-12-9-13(25-3)6-8-14(12)17(15)21-22-18/h6,8-9,11,16,23H,4-5,7,10H2,1-3H3,(H,20,24)(H,21,22). The zero-order chi connectivity index (χ0) is 18.0. The molecular formula is C19H25N3O3. The first-order valence-electron chi connectivity index (χ1n) is 8.75. The number of aliphatic hydroxyl groups is 1. The molecule has 1 aromatic carbocycles. The minimum absolute atomic E-state index is 0.0697. The number of ether oxygens (including phenoxy) is 1. The Hall–Kier alpha value is -2.34. The molecule has 1 amide bonds. The number of carbonyl (C=O) groups excluding carboxylic acids is 1. The molecular weight excluding hydrogens is 318 g/mol. The zero-order valence-corrected chi connectivity index (χ0v) is 14.9. The molecule has 0 saturated carbocycles. The van der Waals surface area contributed by atoms with Gasteiger partial charge in [-0.1, -0.05) is 20.3 Å². The number of fused-ring (bicyclic) bond motifs is 3. The average molecular weight is 343 g/mol. The number of nitrogens with zero attached hydrogens (tertiary/aromatic N) is 1. The molecule has 1 aromatic heterocycles. The van der Waals surface area contributed by atoms with E-state index in [2.05, 4.69) is 15.5 Å². The van der Waals surface area contributed by atoms with Gasteiger partial charge in [0, 0.05) is 11.1 Å². The molecule has 0 bridgehead atoms. The number of hydrogen-bond donors (Lipinski definition) is 3. The maximum absolute atomic E-state index is 12.7. The maximum atomic E-state index is 12.7. The predicted molar refractivity (Wildman–Crippen MR) is 95.8 cm³/mol. The van der Waals surface area contributed by atoms with Crippen LogP contribution in [0.2, 0.25) is 0 Å². The molecule has 2 aromatic rings. The third-order valence-electron chi connectivity index (χ3n) is 5.15. The highest BCUT2D eigenvalue weighted by Crippen LogP contribution is 2.35. The third kappa shape index (κ3) is 3.26. The van der Waals surface area contributed by atoms with Gasteiger partial charge in [-0.2, -0.15) is 5.10 Å². The van der Waals surface area contributed by atoms with E-state index in [4.69, 9.17) is 4.74 Å². The summed E-state index contributed by atoms with van der Waals surface area (Å²) in [5.41, 5.74) is 4.49. The van der Waals surface area contributed by atoms with Crippen molar-refractivity contribution in [1.82, 2.24) is 15.5 Å². The molecule has 6 nitrogen and oxygen atoms in total. The summed E-state index contributed by atoms with van der Waals surface area (Å²) in [7, 11) is 1.65. The minimum Gasteiger partial charge on any atom is -0.497 e. The van der Waals surface area contributed by atoms with Crippen LogP contribution in [0.3, 0.4) is 0 Å². The van der Waals surface area contributed by atoms with Crippen molar-refractivity contribution in [3.8, 4) is 17.0 Å². The summed E-state index contributed by atoms with van der Waals surface area (Å²) in [5.74, 6) is 0.834. The fourth-order valence-corrected chi connectivity index (χ4v) is 3.31. The largest absolute Gasteiger partial charge is 0.497 e. The molecule has 2 atom stereocenters. The monoisotopic (exact) mass is 343 g/mol. The molecule has 0 aliphatic heterocycles. The number of rotatable bonds is 6. The van der Waals surface area contributed by atoms with Gasteiger partial charge in [-0.15, -0.1) is 0 Å². The van der Waals surface area contributed by atoms with Crippen LogP contribution in [-0.2, 0) is 12.8 Å². The van der Waals surface area contributed by atoms with Crippen molar-refractivity contribution < 1.29 is 14.6 Å². The van der Waals surface area contributed by atoms with Crippen LogP contribution < -0.4 is 10.1 Å². The number of aryl methyl sites for hydroxylation is 1. The number of carbonyl (C=O) groups is 1. The van der Waals surface area contributed by atoms with E-state index in [1.807, 2.05) is 32.0 Å². The number of benzene rings is 1. The fourth-order valence-electron chi connectivity index (χ4n) is 3.31. The number of methoxy groups -OCH3 is 1. The highest BCUT2D eigenvalue weighted by Gasteiger charge is 2.27. The molecule has 134 valence electrons. The van der Waals surface area contributed by atoms with E-state index < -0.39 is 0 Å². The molecule has 6 heteroatoms. The number of amides is 1. The first-order chi connectivity index (χ1) is 12.1. The van der Waals surface area contributed by atoms with Crippen LogP contribution in [0.1, 0.15) is 41.9 Å². The van der Waals surface area contributed by atoms with E-state index in [-0.39, 0.29) is 24.5 Å². The Morgan fingerprint density at radius 3 is 2.92 bits per heavy atom. The molecule has 1 heterocycles. The molecule has 0 radical (unpaired) electrons. The summed E-state index contributed by atoms with van der Waals surface area (Å²) in [6.45, 7) is 4.00. The molecule has 1 aliphatic carbocycles. The van der Waals surface area contributed by atoms with Crippen LogP contribution >= 0.6 is 0 Å². The van der Waals surface area contributed by atoms with Crippen molar-refractivity contribution in [3.63, 3.8) is 0 Å². The number of H-pyrrole nitrogens is 1. The van der Waals surface area contributed by atoms with Crippen LogP contribution in [0.25, 0.3) is 11.3 Å². The zero-order valence-electron chi connectivity index (χ0n) is 14.9. The number of nitrogens with one attached hydrogen (secondary N) is 2. The van der Waals surface area contributed by atoms with E-state index in [9.17, 15) is 9.90 Å². The summed E-state index contributed by atoms with van der Waals surface area (Å²) >= 11 is 0. The Morgan fingerprint density at radius 1 is 1.44 bits per heavy atom. The lowest BCUT2D eigenvalue weighted by molar-refractivity contribution is 0.0885. The lowest BCUT2D eigenvalue weighted by Crippen LogP contribution is -2.42. The fraction of sp³-hybridized carbons (Fsp3) is 0.474. The second-order valence-corrected chi connectivity index (χ2v) is 6.60. The van der Waals surface area contributed by atoms with E-state index >= 15 is 0 Å². The molecule has 1 aliphatic rings. The molecule has 0 saturated heterocycles. The second kappa shape index (κ2) is 7.27. The number of hydrogen-bond acceptors (Lipinski definition) is 4. The van der Waals surface area contributed by atoms with Gasteiger partial charge in [-0.25, -0.2) is 0 Å². The molecule has 0 fully saturated rings. The third-order valence-corrected chi connectivity index (χ3v) is 5.15. The van der Waals surface area contributed by atoms with Gasteiger partial charge in [0.15, 0.2) is 0 Å². The highest BCUT2D eigenvalue weighted by molar-refractivity contribution is 5.96. The summed E-state index contributed by atoms with van der Waals surface area (Å²) in [6.07, 6.45) is 2.48. The number of aliphatic hydroxyl groups excluding tert-OH is 1. The van der Waals surface area contributed by atoms with Crippen molar-refractivity contribution >= 4 is 5.91 Å². The Bertz CT molecular complexity index is 769. The van der Waals surface area contributed by atoms with Gasteiger partial charge in [0.25, 0.3) is 5.91 Å². The molecule has 2 unspecified atom stereocenters. The predicted octanol–water partition coefficient (Wildman–Crippen LogP) is 2.32. The van der Waals surface area contributed by atoms with Crippen LogP contribution in [0, 0.1) is 5.92 Å². The molecule has 3 N–H and O–H groups in total. The highest BCUT2D eigenvalue weighted by atomic mass is 16.5. The van der Waals surface area contributed by atoms with Gasteiger partial charge in [0.2, 0.25) is 0 Å². The maximum Gasteiger partial charge on any atom is 0.269 e. The summed E-state index contributed by atoms with van der Waals surface area (Å²) in [6, 6.07) is 5.67. The Balaban J connectivity index is 1.87. The van der Waals surface area contributed by atoms with Crippen LogP contribution in [0.5, 0.6) is 5.75 Å². The Labute approximate surface area is 147 Å². The van der Waals surface area contributed by atoms with E-state index in [1.165, 1.54) is 5.56 Å². The van der Waals surface area contributed by atoms with E-state index in [0.29, 0.717) is 5.69 Å². The van der Waals surface area contributed by atoms with Gasteiger partial charge in [0.1, 0.15) is 11.4 Å². The van der Waals surface area contributed by atoms with Crippen molar-refractivity contribution in [2.24, 2.45) is 5.92 Å². The molecule has 3 rings (SSSR count). The first-order valence-corrected chi connectivity index (χ1v) is 8.75. The lowest BCUT2D eigenvalue weighted by Gasteiger charge is -2.22. The Morgan fingerprint density at radius 2 is 2.24 bits per heavy atom. The van der Waals surface area contributed by atoms with Gasteiger partial charge < -0.3 is 15.2 Å². The second-order valence-electron chi connectivity index (χ2n) is 6.60. The van der Waals surface area contributed by atoms with Crippen LogP contribution in [0.4, 0.5) is 0 Å². The number of aromatic nitrogens is 2. The van der Waals surface area contributed by atoms with Crippen molar-refractivity contribution in [2.45, 2.75) is 39.2 Å². The van der Waals surface area contributed by atoms with Crippen molar-refractivity contribution in [2.75, 3.05) is 13.7 Å². The lowest BCUT2D eigenvalue weighted by atomic mass is 9.88. The first kappa shape index (κ1) is 17.5. The minimum atomic E-state index is -0.253. The van der Waals surface area contributed by atoms with E-state index in [1.54, 1.807) is 7.11 Å². The quantitative estimate of drug-likeness (QED) is 0.751. The van der Waals surface area contributed by atoms with Gasteiger partial charge in [0.05, 0.1) is 25.5 Å². The summed E-state index contributed by atoms with van der Waals surface area (Å²) in [4.78, 5) is 12.7. The molecule has 0 spiro atoms. The molecule has 25 heavy (non-hydrogen) atoms. The van der Waals surface area contributed by atoms with Crippen LogP contribution in [-0.4, -0.2) is 41.0 Å². The van der Waals surface area contributed by atoms with Gasteiger partial charge >= 0.3 is 0 Å². The van der Waals surface area contributed by atoms with Gasteiger partial charge in [-0.05, 0) is 42.5 Å². The van der Waals surface area contributed by atoms with Crippen molar-refractivity contribution in [1.29, 1.82) is 0 Å². The van der Waals surface area contributed by atoms with E-state index in [0.717, 1.165) is 41.8 Å². The topological polar surface area (TPSA) is 87.2 Å². The number of aromatic amines is 1. The smallest absolute Gasteiger partial charge is 0.269 e. The van der Waals surface area contributed by atoms with Crippen LogP contribution in [0.15, 0.2) is 18.2 Å².